The molecular formula is C8H10N2O2. The average molecular weight is 166 g/mol. The highest BCUT2D eigenvalue weighted by atomic mass is 16.5. The van der Waals surface area contributed by atoms with Gasteiger partial charge in [-0.2, -0.15) is 5.10 Å². The van der Waals surface area contributed by atoms with Crippen LogP contribution in [0.15, 0.2) is 18.9 Å². The molecule has 0 aromatic carbocycles. The summed E-state index contributed by atoms with van der Waals surface area (Å²) in [4.78, 5) is 11.2. The number of hydrogen-bond acceptors (Lipinski definition) is 3. The number of aryl methyl sites for hydroxylation is 1. The molecule has 0 amide bonds. The van der Waals surface area contributed by atoms with Gasteiger partial charge in [0.05, 0.1) is 13.3 Å². The third-order valence-corrected chi connectivity index (χ3v) is 1.54. The van der Waals surface area contributed by atoms with Crippen molar-refractivity contribution in [1.29, 1.82) is 0 Å². The maximum absolute atomic E-state index is 11.2. The second kappa shape index (κ2) is 3.21. The maximum Gasteiger partial charge on any atom is 0.207 e. The molecule has 0 saturated heterocycles. The molecule has 0 bridgehead atoms. The van der Waals surface area contributed by atoms with Crippen LogP contribution in [0.3, 0.4) is 0 Å². The van der Waals surface area contributed by atoms with Crippen molar-refractivity contribution in [3.8, 4) is 5.75 Å². The predicted octanol–water partition coefficient (Wildman–Crippen LogP) is 0.797. The molecule has 1 heterocycles. The minimum absolute atomic E-state index is 0.188. The molecule has 64 valence electrons. The summed E-state index contributed by atoms with van der Waals surface area (Å²) >= 11 is 0. The predicted molar refractivity (Wildman–Crippen MR) is 44.3 cm³/mol. The zero-order valence-corrected chi connectivity index (χ0v) is 7.07. The molecule has 0 saturated carbocycles. The van der Waals surface area contributed by atoms with Gasteiger partial charge in [-0.1, -0.05) is 6.58 Å². The lowest BCUT2D eigenvalue weighted by atomic mass is 10.2. The zero-order chi connectivity index (χ0) is 9.14. The second-order valence-electron chi connectivity index (χ2n) is 2.25. The fourth-order valence-electron chi connectivity index (χ4n) is 0.944. The van der Waals surface area contributed by atoms with Crippen molar-refractivity contribution in [1.82, 2.24) is 9.78 Å². The van der Waals surface area contributed by atoms with Crippen molar-refractivity contribution >= 4 is 5.78 Å². The number of ether oxygens (including phenoxy) is 1. The van der Waals surface area contributed by atoms with Crippen LogP contribution in [0.1, 0.15) is 10.5 Å². The third-order valence-electron chi connectivity index (χ3n) is 1.54. The van der Waals surface area contributed by atoms with Crippen molar-refractivity contribution in [3.05, 3.63) is 24.5 Å². The molecule has 1 aromatic rings. The van der Waals surface area contributed by atoms with Gasteiger partial charge in [-0.15, -0.1) is 0 Å². The number of carbonyl (C=O) groups is 1. The van der Waals surface area contributed by atoms with E-state index in [0.29, 0.717) is 11.4 Å². The van der Waals surface area contributed by atoms with Crippen molar-refractivity contribution < 1.29 is 9.53 Å². The minimum atomic E-state index is -0.188. The first-order valence-electron chi connectivity index (χ1n) is 3.43. The van der Waals surface area contributed by atoms with Crippen LogP contribution in [0.4, 0.5) is 0 Å². The molecule has 0 aliphatic carbocycles. The molecule has 4 nitrogen and oxygen atoms in total. The van der Waals surface area contributed by atoms with Gasteiger partial charge >= 0.3 is 0 Å². The van der Waals surface area contributed by atoms with Gasteiger partial charge in [-0.3, -0.25) is 9.48 Å². The Balaban J connectivity index is 3.18. The second-order valence-corrected chi connectivity index (χ2v) is 2.25. The number of rotatable bonds is 3. The molecule has 0 fully saturated rings. The van der Waals surface area contributed by atoms with Crippen LogP contribution in [-0.4, -0.2) is 22.7 Å². The van der Waals surface area contributed by atoms with Gasteiger partial charge in [-0.25, -0.2) is 0 Å². The van der Waals surface area contributed by atoms with E-state index in [1.807, 2.05) is 0 Å². The Morgan fingerprint density at radius 2 is 2.50 bits per heavy atom. The first-order chi connectivity index (χ1) is 5.70. The summed E-state index contributed by atoms with van der Waals surface area (Å²) in [6, 6.07) is 0. The summed E-state index contributed by atoms with van der Waals surface area (Å²) in [5.41, 5.74) is 0.424. The van der Waals surface area contributed by atoms with Crippen molar-refractivity contribution in [3.63, 3.8) is 0 Å². The van der Waals surface area contributed by atoms with E-state index >= 15 is 0 Å². The number of hydrogen-bond donors (Lipinski definition) is 0. The molecule has 0 aliphatic rings. The van der Waals surface area contributed by atoms with Crippen LogP contribution in [0.25, 0.3) is 0 Å². The Morgan fingerprint density at radius 3 is 3.00 bits per heavy atom. The Kier molecular flexibility index (Phi) is 2.28. The van der Waals surface area contributed by atoms with E-state index in [9.17, 15) is 4.79 Å². The maximum atomic E-state index is 11.2. The Hall–Kier alpha value is -1.58. The van der Waals surface area contributed by atoms with E-state index in [4.69, 9.17) is 4.74 Å². The van der Waals surface area contributed by atoms with E-state index in [1.54, 1.807) is 7.05 Å². The summed E-state index contributed by atoms with van der Waals surface area (Å²) < 4.78 is 6.40. The summed E-state index contributed by atoms with van der Waals surface area (Å²) in [7, 11) is 3.18. The lowest BCUT2D eigenvalue weighted by molar-refractivity contribution is 0.103. The summed E-state index contributed by atoms with van der Waals surface area (Å²) in [6.45, 7) is 3.39. The molecule has 1 aromatic heterocycles. The minimum Gasteiger partial charge on any atom is -0.493 e. The summed E-state index contributed by atoms with van der Waals surface area (Å²) in [6.07, 6.45) is 2.73. The Bertz CT molecular complexity index is 315. The van der Waals surface area contributed by atoms with Crippen molar-refractivity contribution in [2.75, 3.05) is 7.11 Å². The van der Waals surface area contributed by atoms with Crippen LogP contribution in [0, 0.1) is 0 Å². The largest absolute Gasteiger partial charge is 0.493 e. The first kappa shape index (κ1) is 8.52. The van der Waals surface area contributed by atoms with E-state index in [-0.39, 0.29) is 5.78 Å². The Morgan fingerprint density at radius 1 is 1.83 bits per heavy atom. The normalized spacial score (nSPS) is 9.50. The molecule has 12 heavy (non-hydrogen) atoms. The van der Waals surface area contributed by atoms with Gasteiger partial charge in [0.25, 0.3) is 0 Å². The van der Waals surface area contributed by atoms with Crippen molar-refractivity contribution in [2.45, 2.75) is 0 Å². The number of nitrogens with zero attached hydrogens (tertiary/aromatic N) is 2. The van der Waals surface area contributed by atoms with Crippen LogP contribution < -0.4 is 4.74 Å². The van der Waals surface area contributed by atoms with Gasteiger partial charge in [0.1, 0.15) is 0 Å². The van der Waals surface area contributed by atoms with Gasteiger partial charge < -0.3 is 4.74 Å². The molecule has 0 N–H and O–H groups in total. The van der Waals surface area contributed by atoms with E-state index in [1.165, 1.54) is 24.1 Å². The first-order valence-corrected chi connectivity index (χ1v) is 3.43. The zero-order valence-electron chi connectivity index (χ0n) is 7.07. The van der Waals surface area contributed by atoms with Gasteiger partial charge in [-0.05, 0) is 6.08 Å². The van der Waals surface area contributed by atoms with Crippen LogP contribution in [0.2, 0.25) is 0 Å². The highest BCUT2D eigenvalue weighted by molar-refractivity contribution is 6.04. The summed E-state index contributed by atoms with van der Waals surface area (Å²) in [5.74, 6) is 0.286. The number of ketones is 1. The monoisotopic (exact) mass is 166 g/mol. The van der Waals surface area contributed by atoms with Gasteiger partial charge in [0, 0.05) is 7.05 Å². The molecular weight excluding hydrogens is 156 g/mol. The molecule has 0 atom stereocenters. The average Bonchev–Trinajstić information content (AvgIpc) is 2.45. The van der Waals surface area contributed by atoms with E-state index in [2.05, 4.69) is 11.7 Å². The number of allylic oxidation sites excluding steroid dienone is 1. The quantitative estimate of drug-likeness (QED) is 0.492. The van der Waals surface area contributed by atoms with E-state index in [0.717, 1.165) is 0 Å². The fourth-order valence-corrected chi connectivity index (χ4v) is 0.944. The van der Waals surface area contributed by atoms with Gasteiger partial charge in [0.2, 0.25) is 5.78 Å². The Labute approximate surface area is 70.4 Å². The topological polar surface area (TPSA) is 44.1 Å². The fraction of sp³-hybridized carbons (Fsp3) is 0.250. The number of carbonyl (C=O) groups excluding carboxylic acids is 1. The number of aromatic nitrogens is 2. The lowest BCUT2D eigenvalue weighted by Gasteiger charge is -1.99. The molecule has 0 radical (unpaired) electrons. The summed E-state index contributed by atoms with van der Waals surface area (Å²) in [5, 5.41) is 3.88. The molecule has 0 aliphatic heterocycles. The van der Waals surface area contributed by atoms with Crippen molar-refractivity contribution in [2.24, 2.45) is 7.05 Å². The van der Waals surface area contributed by atoms with Crippen LogP contribution >= 0.6 is 0 Å². The third kappa shape index (κ3) is 1.23. The molecule has 4 heteroatoms. The van der Waals surface area contributed by atoms with Crippen LogP contribution in [-0.2, 0) is 7.05 Å². The van der Waals surface area contributed by atoms with Gasteiger partial charge in [0.15, 0.2) is 11.4 Å². The lowest BCUT2D eigenvalue weighted by Crippen LogP contribution is -2.05. The molecule has 1 rings (SSSR count). The number of methoxy groups -OCH3 is 1. The highest BCUT2D eigenvalue weighted by Gasteiger charge is 2.13. The standard InChI is InChI=1S/C8H10N2O2/c1-4-6(11)8-7(12-3)5-9-10(8)2/h4-5H,1H2,2-3H3. The SMILES string of the molecule is C=CC(=O)c1c(OC)cnn1C. The smallest absolute Gasteiger partial charge is 0.207 e. The molecule has 0 spiro atoms. The molecule has 0 unspecified atom stereocenters. The van der Waals surface area contributed by atoms with Crippen LogP contribution in [0.5, 0.6) is 5.75 Å². The van der Waals surface area contributed by atoms with E-state index < -0.39 is 0 Å². The highest BCUT2D eigenvalue weighted by Crippen LogP contribution is 2.16.